The molecule has 2 saturated heterocycles. The van der Waals surface area contributed by atoms with Gasteiger partial charge in [0.15, 0.2) is 5.82 Å². The van der Waals surface area contributed by atoms with Crippen molar-refractivity contribution in [3.8, 4) is 11.4 Å². The van der Waals surface area contributed by atoms with Gasteiger partial charge in [-0.1, -0.05) is 43.7 Å². The van der Waals surface area contributed by atoms with Crippen molar-refractivity contribution >= 4 is 29.9 Å². The molecule has 4 aliphatic rings. The zero-order chi connectivity index (χ0) is 30.8. The van der Waals surface area contributed by atoms with Gasteiger partial charge in [-0.05, 0) is 25.2 Å². The fraction of sp³-hybridized carbons (Fsp3) is 0.548. The first-order valence-corrected chi connectivity index (χ1v) is 15.4. The minimum absolute atomic E-state index is 0.0512. The molecule has 234 valence electrons. The first kappa shape index (κ1) is 29.6. The third kappa shape index (κ3) is 6.56. The van der Waals surface area contributed by atoms with E-state index in [0.717, 1.165) is 31.2 Å². The van der Waals surface area contributed by atoms with Gasteiger partial charge >= 0.3 is 12.2 Å². The van der Waals surface area contributed by atoms with Crippen LogP contribution in [-0.2, 0) is 14.3 Å². The summed E-state index contributed by atoms with van der Waals surface area (Å²) in [5.41, 5.74) is 0.909. The van der Waals surface area contributed by atoms with Crippen LogP contribution in [0.4, 0.5) is 15.4 Å². The number of ether oxygens (including phenoxy) is 2. The van der Waals surface area contributed by atoms with Crippen molar-refractivity contribution in [3.63, 3.8) is 0 Å². The maximum absolute atomic E-state index is 13.7. The highest BCUT2D eigenvalue weighted by atomic mass is 16.7. The van der Waals surface area contributed by atoms with Gasteiger partial charge in [-0.25, -0.2) is 19.6 Å². The summed E-state index contributed by atoms with van der Waals surface area (Å²) in [5, 5.41) is 12.0. The third-order valence-corrected chi connectivity index (χ3v) is 8.87. The monoisotopic (exact) mass is 606 g/mol. The second kappa shape index (κ2) is 12.7. The minimum Gasteiger partial charge on any atom is -0.450 e. The van der Waals surface area contributed by atoms with Gasteiger partial charge in [-0.3, -0.25) is 9.59 Å². The van der Waals surface area contributed by atoms with Gasteiger partial charge in [0, 0.05) is 62.7 Å². The number of unbranched alkanes of at least 4 members (excludes halogenated alkanes) is 1. The number of amides is 3. The average Bonchev–Trinajstić information content (AvgIpc) is 3.95. The fourth-order valence-corrected chi connectivity index (χ4v) is 6.11. The van der Waals surface area contributed by atoms with Crippen LogP contribution in [0, 0.1) is 17.8 Å². The number of nitrogens with one attached hydrogen (secondary N) is 1. The third-order valence-electron chi connectivity index (χ3n) is 8.87. The van der Waals surface area contributed by atoms with Gasteiger partial charge in [0.1, 0.15) is 23.7 Å². The van der Waals surface area contributed by atoms with Crippen molar-refractivity contribution in [1.29, 1.82) is 0 Å². The number of hydrogen-bond donors (Lipinski definition) is 2. The molecule has 0 radical (unpaired) electrons. The van der Waals surface area contributed by atoms with Crippen molar-refractivity contribution in [3.05, 3.63) is 42.1 Å². The molecule has 2 aromatic rings. The van der Waals surface area contributed by atoms with Crippen LogP contribution in [0.1, 0.15) is 43.1 Å². The number of hydrogen-bond acceptors (Lipinski definition) is 9. The lowest BCUT2D eigenvalue weighted by Crippen LogP contribution is -2.56. The second-order valence-corrected chi connectivity index (χ2v) is 12.0. The lowest BCUT2D eigenvalue weighted by Gasteiger charge is -2.36. The van der Waals surface area contributed by atoms with E-state index in [9.17, 15) is 19.2 Å². The van der Waals surface area contributed by atoms with Crippen molar-refractivity contribution in [2.75, 3.05) is 50.8 Å². The molecule has 0 bridgehead atoms. The van der Waals surface area contributed by atoms with Crippen LogP contribution in [0.15, 0.2) is 36.4 Å². The van der Waals surface area contributed by atoms with E-state index >= 15 is 0 Å². The van der Waals surface area contributed by atoms with Gasteiger partial charge in [-0.15, -0.1) is 0 Å². The summed E-state index contributed by atoms with van der Waals surface area (Å²) in [6, 6.07) is 10.3. The number of benzene rings is 1. The highest BCUT2D eigenvalue weighted by Crippen LogP contribution is 2.48. The summed E-state index contributed by atoms with van der Waals surface area (Å²) in [6.07, 6.45) is 1.52. The van der Waals surface area contributed by atoms with Crippen LogP contribution < -0.4 is 10.2 Å². The van der Waals surface area contributed by atoms with Crippen LogP contribution in [0.2, 0.25) is 0 Å². The molecule has 3 heterocycles. The Morgan fingerprint density at radius 2 is 1.68 bits per heavy atom. The normalized spacial score (nSPS) is 23.0. The molecular formula is C31H38N6O7. The van der Waals surface area contributed by atoms with Crippen LogP contribution in [0.3, 0.4) is 0 Å². The molecule has 0 spiro atoms. The Hall–Kier alpha value is -4.42. The summed E-state index contributed by atoms with van der Waals surface area (Å²) < 4.78 is 10.3. The molecular weight excluding hydrogens is 568 g/mol. The fourth-order valence-electron chi connectivity index (χ4n) is 6.11. The number of rotatable bonds is 10. The molecule has 2 aliphatic heterocycles. The zero-order valence-corrected chi connectivity index (χ0v) is 24.8. The van der Waals surface area contributed by atoms with Crippen molar-refractivity contribution in [2.45, 2.75) is 44.8 Å². The molecule has 3 amide bonds. The standard InChI is InChI=1S/C31H38N6O7/c1-2-3-15-43-30(40)36-13-11-35(12-14-36)29(39)25(19-9-10-19)34-28(38)23-16-24(33-27(32-23)20-7-5-4-6-8-20)37-17-21-22(18-37)26(21)44-31(41)42/h4-8,16,19,21-22,25-26H,2-3,9-15,17-18H2,1H3,(H,34,38)(H,41,42)/t21-,22+,25-,26-/m0/s1. The number of aromatic nitrogens is 2. The number of carbonyl (C=O) groups excluding carboxylic acids is 3. The Morgan fingerprint density at radius 3 is 2.32 bits per heavy atom. The smallest absolute Gasteiger partial charge is 0.450 e. The highest BCUT2D eigenvalue weighted by Gasteiger charge is 2.59. The topological polar surface area (TPSA) is 154 Å². The predicted octanol–water partition coefficient (Wildman–Crippen LogP) is 2.86. The Labute approximate surface area is 255 Å². The Bertz CT molecular complexity index is 1380. The van der Waals surface area contributed by atoms with E-state index in [2.05, 4.69) is 10.3 Å². The van der Waals surface area contributed by atoms with E-state index in [1.54, 1.807) is 15.9 Å². The average molecular weight is 607 g/mol. The molecule has 4 fully saturated rings. The van der Waals surface area contributed by atoms with E-state index in [-0.39, 0.29) is 41.6 Å². The van der Waals surface area contributed by atoms with Gasteiger partial charge in [0.05, 0.1) is 6.61 Å². The number of carbonyl (C=O) groups is 4. The summed E-state index contributed by atoms with van der Waals surface area (Å²) in [7, 11) is 0. The summed E-state index contributed by atoms with van der Waals surface area (Å²) in [6.45, 7) is 5.07. The molecule has 0 unspecified atom stereocenters. The van der Waals surface area contributed by atoms with Crippen molar-refractivity contribution in [1.82, 2.24) is 25.1 Å². The Kier molecular flexibility index (Phi) is 8.53. The van der Waals surface area contributed by atoms with Crippen molar-refractivity contribution < 1.29 is 33.8 Å². The van der Waals surface area contributed by atoms with Gasteiger partial charge in [0.25, 0.3) is 5.91 Å². The first-order chi connectivity index (χ1) is 21.3. The molecule has 44 heavy (non-hydrogen) atoms. The number of piperazine rings is 1. The van der Waals surface area contributed by atoms with Gasteiger partial charge in [0.2, 0.25) is 5.91 Å². The van der Waals surface area contributed by atoms with Crippen LogP contribution in [0.25, 0.3) is 11.4 Å². The van der Waals surface area contributed by atoms with E-state index in [1.165, 1.54) is 0 Å². The molecule has 2 N–H and O–H groups in total. The van der Waals surface area contributed by atoms with Crippen LogP contribution in [0.5, 0.6) is 0 Å². The molecule has 1 aromatic carbocycles. The number of fused-ring (bicyclic) bond motifs is 1. The molecule has 13 heteroatoms. The quantitative estimate of drug-likeness (QED) is 0.305. The van der Waals surface area contributed by atoms with Crippen molar-refractivity contribution in [2.24, 2.45) is 17.8 Å². The van der Waals surface area contributed by atoms with E-state index < -0.39 is 18.1 Å². The van der Waals surface area contributed by atoms with Gasteiger partial charge < -0.3 is 34.6 Å². The number of nitrogens with zero attached hydrogens (tertiary/aromatic N) is 5. The minimum atomic E-state index is -1.27. The number of anilines is 1. The first-order valence-electron chi connectivity index (χ1n) is 15.4. The molecule has 1 aromatic heterocycles. The second-order valence-electron chi connectivity index (χ2n) is 12.0. The maximum Gasteiger partial charge on any atom is 0.506 e. The number of carboxylic acid groups (broad SMARTS) is 1. The highest BCUT2D eigenvalue weighted by molar-refractivity contribution is 5.97. The lowest BCUT2D eigenvalue weighted by molar-refractivity contribution is -0.135. The summed E-state index contributed by atoms with van der Waals surface area (Å²) in [5.74, 6) is 0.593. The molecule has 4 atom stereocenters. The maximum atomic E-state index is 13.7. The predicted molar refractivity (Wildman–Crippen MR) is 158 cm³/mol. The SMILES string of the molecule is CCCCOC(=O)N1CCN(C(=O)[C@@H](NC(=O)c2cc(N3C[C@@H]4[C@H](C3)[C@@H]4OC(=O)O)nc(-c3ccccc3)n2)C2CC2)CC1. The molecule has 13 nitrogen and oxygen atoms in total. The zero-order valence-electron chi connectivity index (χ0n) is 24.8. The van der Waals surface area contributed by atoms with E-state index in [1.807, 2.05) is 42.2 Å². The molecule has 2 aliphatic carbocycles. The summed E-state index contributed by atoms with van der Waals surface area (Å²) >= 11 is 0. The van der Waals surface area contributed by atoms with E-state index in [0.29, 0.717) is 57.5 Å². The number of piperidine rings is 1. The molecule has 6 rings (SSSR count). The van der Waals surface area contributed by atoms with Crippen LogP contribution in [-0.4, -0.2) is 107 Å². The Morgan fingerprint density at radius 1 is 1.00 bits per heavy atom. The molecule has 2 saturated carbocycles. The largest absolute Gasteiger partial charge is 0.506 e. The van der Waals surface area contributed by atoms with Crippen LogP contribution >= 0.6 is 0 Å². The summed E-state index contributed by atoms with van der Waals surface area (Å²) in [4.78, 5) is 65.3. The van der Waals surface area contributed by atoms with Gasteiger partial charge in [-0.2, -0.15) is 0 Å². The Balaban J connectivity index is 1.14. The lowest BCUT2D eigenvalue weighted by atomic mass is 10.1. The van der Waals surface area contributed by atoms with E-state index in [4.69, 9.17) is 19.6 Å².